The van der Waals surface area contributed by atoms with Crippen LogP contribution in [0.3, 0.4) is 0 Å². The quantitative estimate of drug-likeness (QED) is 0.848. The molecule has 1 unspecified atom stereocenters. The van der Waals surface area contributed by atoms with Crippen LogP contribution in [0.1, 0.15) is 25.3 Å². The van der Waals surface area contributed by atoms with E-state index in [1.54, 1.807) is 6.92 Å². The van der Waals surface area contributed by atoms with Crippen LogP contribution in [0, 0.1) is 0 Å². The average molecular weight is 297 g/mol. The smallest absolute Gasteiger partial charge is 0.323 e. The van der Waals surface area contributed by atoms with Crippen LogP contribution in [-0.2, 0) is 16.0 Å². The number of nitrogens with zero attached hydrogens (tertiary/aromatic N) is 1. The molecule has 0 spiro atoms. The van der Waals surface area contributed by atoms with Crippen molar-refractivity contribution in [3.8, 4) is 0 Å². The second kappa shape index (κ2) is 6.95. The highest BCUT2D eigenvalue weighted by atomic mass is 35.5. The molecule has 1 heterocycles. The van der Waals surface area contributed by atoms with Gasteiger partial charge in [0.1, 0.15) is 6.04 Å². The molecule has 0 amide bonds. The molecule has 1 aliphatic heterocycles. The van der Waals surface area contributed by atoms with E-state index in [2.05, 4.69) is 4.90 Å². The summed E-state index contributed by atoms with van der Waals surface area (Å²) in [7, 11) is 0. The van der Waals surface area contributed by atoms with Crippen molar-refractivity contribution in [3.05, 3.63) is 28.8 Å². The SMILES string of the molecule is CCOC(=O)C(N)Cc1ccc(N2CCCC2)cc1Cl. The van der Waals surface area contributed by atoms with Crippen molar-refractivity contribution in [2.75, 3.05) is 24.6 Å². The maximum Gasteiger partial charge on any atom is 0.323 e. The van der Waals surface area contributed by atoms with Crippen LogP contribution in [0.25, 0.3) is 0 Å². The van der Waals surface area contributed by atoms with E-state index in [0.29, 0.717) is 18.1 Å². The number of esters is 1. The Labute approximate surface area is 124 Å². The predicted molar refractivity (Wildman–Crippen MR) is 81.2 cm³/mol. The van der Waals surface area contributed by atoms with E-state index in [0.717, 1.165) is 24.3 Å². The number of hydrogen-bond donors (Lipinski definition) is 1. The molecule has 1 saturated heterocycles. The van der Waals surface area contributed by atoms with Gasteiger partial charge < -0.3 is 15.4 Å². The molecule has 1 aliphatic rings. The van der Waals surface area contributed by atoms with Crippen LogP contribution in [0.5, 0.6) is 0 Å². The minimum absolute atomic E-state index is 0.341. The number of nitrogens with two attached hydrogens (primary N) is 1. The van der Waals surface area contributed by atoms with Gasteiger partial charge in [0.05, 0.1) is 6.61 Å². The van der Waals surface area contributed by atoms with Gasteiger partial charge in [0.15, 0.2) is 0 Å². The van der Waals surface area contributed by atoms with Crippen molar-refractivity contribution in [1.29, 1.82) is 0 Å². The van der Waals surface area contributed by atoms with Gasteiger partial charge in [-0.25, -0.2) is 0 Å². The van der Waals surface area contributed by atoms with Crippen LogP contribution < -0.4 is 10.6 Å². The molecule has 1 fully saturated rings. The van der Waals surface area contributed by atoms with Gasteiger partial charge in [0, 0.05) is 23.8 Å². The largest absolute Gasteiger partial charge is 0.465 e. The molecular weight excluding hydrogens is 276 g/mol. The maximum absolute atomic E-state index is 11.5. The summed E-state index contributed by atoms with van der Waals surface area (Å²) in [5.41, 5.74) is 7.84. The molecule has 0 aromatic heterocycles. The number of hydrogen-bond acceptors (Lipinski definition) is 4. The van der Waals surface area contributed by atoms with E-state index in [9.17, 15) is 4.79 Å². The highest BCUT2D eigenvalue weighted by Crippen LogP contribution is 2.27. The van der Waals surface area contributed by atoms with Crippen LogP contribution >= 0.6 is 11.6 Å². The molecule has 110 valence electrons. The summed E-state index contributed by atoms with van der Waals surface area (Å²) in [4.78, 5) is 13.9. The zero-order valence-corrected chi connectivity index (χ0v) is 12.5. The number of rotatable bonds is 5. The van der Waals surface area contributed by atoms with E-state index in [4.69, 9.17) is 22.1 Å². The third-order valence-electron chi connectivity index (χ3n) is 3.54. The molecule has 2 rings (SSSR count). The molecule has 2 N–H and O–H groups in total. The first kappa shape index (κ1) is 15.1. The van der Waals surface area contributed by atoms with Gasteiger partial charge in [-0.2, -0.15) is 0 Å². The molecule has 0 bridgehead atoms. The van der Waals surface area contributed by atoms with E-state index in [1.165, 1.54) is 12.8 Å². The van der Waals surface area contributed by atoms with Crippen molar-refractivity contribution in [2.45, 2.75) is 32.2 Å². The number of ether oxygens (including phenoxy) is 1. The molecule has 5 heteroatoms. The van der Waals surface area contributed by atoms with Crippen LogP contribution in [0.2, 0.25) is 5.02 Å². The molecule has 1 atom stereocenters. The Morgan fingerprint density at radius 2 is 2.15 bits per heavy atom. The fourth-order valence-corrected chi connectivity index (χ4v) is 2.70. The lowest BCUT2D eigenvalue weighted by molar-refractivity contribution is -0.144. The first-order chi connectivity index (χ1) is 9.61. The number of carbonyl (C=O) groups excluding carboxylic acids is 1. The van der Waals surface area contributed by atoms with Crippen molar-refractivity contribution >= 4 is 23.3 Å². The number of halogens is 1. The average Bonchev–Trinajstić information content (AvgIpc) is 2.95. The molecule has 0 radical (unpaired) electrons. The monoisotopic (exact) mass is 296 g/mol. The molecular formula is C15H21ClN2O2. The Kier molecular flexibility index (Phi) is 5.26. The summed E-state index contributed by atoms with van der Waals surface area (Å²) in [6.07, 6.45) is 2.86. The highest BCUT2D eigenvalue weighted by molar-refractivity contribution is 6.31. The lowest BCUT2D eigenvalue weighted by Crippen LogP contribution is -2.34. The number of benzene rings is 1. The summed E-state index contributed by atoms with van der Waals surface area (Å²) < 4.78 is 4.91. The van der Waals surface area contributed by atoms with E-state index in [1.807, 2.05) is 18.2 Å². The summed E-state index contributed by atoms with van der Waals surface area (Å²) in [5, 5.41) is 0.661. The summed E-state index contributed by atoms with van der Waals surface area (Å²) in [5.74, 6) is -0.382. The van der Waals surface area contributed by atoms with Crippen molar-refractivity contribution < 1.29 is 9.53 Å². The van der Waals surface area contributed by atoms with Crippen molar-refractivity contribution in [1.82, 2.24) is 0 Å². The lowest BCUT2D eigenvalue weighted by Gasteiger charge is -2.19. The summed E-state index contributed by atoms with van der Waals surface area (Å²) in [6, 6.07) is 5.30. The van der Waals surface area contributed by atoms with Crippen LogP contribution in [0.15, 0.2) is 18.2 Å². The molecule has 1 aromatic carbocycles. The van der Waals surface area contributed by atoms with E-state index < -0.39 is 6.04 Å². The van der Waals surface area contributed by atoms with Crippen molar-refractivity contribution in [3.63, 3.8) is 0 Å². The standard InChI is InChI=1S/C15H21ClN2O2/c1-2-20-15(19)14(17)9-11-5-6-12(10-13(11)16)18-7-3-4-8-18/h5-6,10,14H,2-4,7-9,17H2,1H3. The lowest BCUT2D eigenvalue weighted by atomic mass is 10.1. The molecule has 1 aromatic rings. The molecule has 20 heavy (non-hydrogen) atoms. The predicted octanol–water partition coefficient (Wildman–Crippen LogP) is 2.37. The van der Waals surface area contributed by atoms with Crippen LogP contribution in [0.4, 0.5) is 5.69 Å². The topological polar surface area (TPSA) is 55.6 Å². The Hall–Kier alpha value is -1.26. The third-order valence-corrected chi connectivity index (χ3v) is 3.89. The van der Waals surface area contributed by atoms with E-state index in [-0.39, 0.29) is 5.97 Å². The summed E-state index contributed by atoms with van der Waals surface area (Å²) in [6.45, 7) is 4.27. The molecule has 4 nitrogen and oxygen atoms in total. The van der Waals surface area contributed by atoms with Gasteiger partial charge in [-0.1, -0.05) is 17.7 Å². The normalized spacial score (nSPS) is 16.2. The van der Waals surface area contributed by atoms with Gasteiger partial charge in [-0.05, 0) is 43.9 Å². The molecule has 0 saturated carbocycles. The van der Waals surface area contributed by atoms with E-state index >= 15 is 0 Å². The third kappa shape index (κ3) is 3.64. The second-order valence-electron chi connectivity index (χ2n) is 5.03. The number of carbonyl (C=O) groups is 1. The summed E-state index contributed by atoms with van der Waals surface area (Å²) >= 11 is 6.30. The maximum atomic E-state index is 11.5. The second-order valence-corrected chi connectivity index (χ2v) is 5.44. The van der Waals surface area contributed by atoms with Gasteiger partial charge in [0.25, 0.3) is 0 Å². The zero-order chi connectivity index (χ0) is 14.5. The Morgan fingerprint density at radius 3 is 2.75 bits per heavy atom. The molecule has 0 aliphatic carbocycles. The first-order valence-corrected chi connectivity index (χ1v) is 7.45. The minimum Gasteiger partial charge on any atom is -0.465 e. The zero-order valence-electron chi connectivity index (χ0n) is 11.8. The van der Waals surface area contributed by atoms with Gasteiger partial charge in [-0.3, -0.25) is 4.79 Å². The van der Waals surface area contributed by atoms with Crippen LogP contribution in [-0.4, -0.2) is 31.7 Å². The van der Waals surface area contributed by atoms with Crippen molar-refractivity contribution in [2.24, 2.45) is 5.73 Å². The Morgan fingerprint density at radius 1 is 1.45 bits per heavy atom. The fraction of sp³-hybridized carbons (Fsp3) is 0.533. The van der Waals surface area contributed by atoms with Gasteiger partial charge in [-0.15, -0.1) is 0 Å². The highest BCUT2D eigenvalue weighted by Gasteiger charge is 2.18. The Bertz CT molecular complexity index is 473. The number of anilines is 1. The first-order valence-electron chi connectivity index (χ1n) is 7.07. The van der Waals surface area contributed by atoms with Gasteiger partial charge >= 0.3 is 5.97 Å². The Balaban J connectivity index is 2.03. The fourth-order valence-electron chi connectivity index (χ4n) is 2.44. The van der Waals surface area contributed by atoms with Gasteiger partial charge in [0.2, 0.25) is 0 Å². The minimum atomic E-state index is -0.662.